The van der Waals surface area contributed by atoms with Crippen LogP contribution >= 0.6 is 11.8 Å². The molecule has 1 unspecified atom stereocenters. The van der Waals surface area contributed by atoms with E-state index in [1.54, 1.807) is 12.3 Å². The first-order valence-electron chi connectivity index (χ1n) is 8.93. The number of amides is 3. The molecule has 2 rings (SSSR count). The minimum Gasteiger partial charge on any atom is -0.465 e. The Labute approximate surface area is 167 Å². The number of carbonyl (C=O) groups is 3. The SMILES string of the molecule is N#CCNC(=O)C(CNC(=O)C1CCN(C(=O)O)CC1)SCc1ccccn1. The van der Waals surface area contributed by atoms with Crippen LogP contribution in [0, 0.1) is 17.2 Å². The van der Waals surface area contributed by atoms with Gasteiger partial charge in [-0.1, -0.05) is 6.07 Å². The van der Waals surface area contributed by atoms with Crippen molar-refractivity contribution in [2.45, 2.75) is 23.8 Å². The van der Waals surface area contributed by atoms with Gasteiger partial charge in [0.1, 0.15) is 11.8 Å². The number of carboxylic acid groups (broad SMARTS) is 1. The van der Waals surface area contributed by atoms with Crippen molar-refractivity contribution in [2.24, 2.45) is 5.92 Å². The molecule has 0 bridgehead atoms. The lowest BCUT2D eigenvalue weighted by molar-refractivity contribution is -0.126. The molecular weight excluding hydrogens is 382 g/mol. The fourth-order valence-corrected chi connectivity index (χ4v) is 3.79. The Morgan fingerprint density at radius 1 is 1.32 bits per heavy atom. The van der Waals surface area contributed by atoms with E-state index in [9.17, 15) is 14.4 Å². The lowest BCUT2D eigenvalue weighted by Gasteiger charge is -2.29. The second-order valence-electron chi connectivity index (χ2n) is 6.29. The standard InChI is InChI=1S/C18H23N5O4S/c19-6-8-21-17(25)15(28-12-14-3-1-2-7-20-14)11-22-16(24)13-4-9-23(10-5-13)18(26)27/h1-3,7,13,15H,4-5,8-12H2,(H,21,25)(H,22,24)(H,26,27). The van der Waals surface area contributed by atoms with E-state index in [1.807, 2.05) is 18.2 Å². The van der Waals surface area contributed by atoms with Gasteiger partial charge in [-0.15, -0.1) is 11.8 Å². The summed E-state index contributed by atoms with van der Waals surface area (Å²) in [6.45, 7) is 0.690. The topological polar surface area (TPSA) is 135 Å². The van der Waals surface area contributed by atoms with Gasteiger partial charge in [0, 0.05) is 37.5 Å². The molecule has 1 aliphatic heterocycles. The molecule has 3 amide bonds. The second kappa shape index (κ2) is 11.1. The highest BCUT2D eigenvalue weighted by Crippen LogP contribution is 2.19. The Hall–Kier alpha value is -2.80. The molecule has 1 atom stereocenters. The van der Waals surface area contributed by atoms with Crippen LogP contribution < -0.4 is 10.6 Å². The van der Waals surface area contributed by atoms with Crippen LogP contribution in [0.5, 0.6) is 0 Å². The van der Waals surface area contributed by atoms with Crippen LogP contribution in [-0.4, -0.2) is 64.3 Å². The summed E-state index contributed by atoms with van der Waals surface area (Å²) in [5, 5.41) is 22.4. The zero-order chi connectivity index (χ0) is 20.4. The molecule has 0 aliphatic carbocycles. The van der Waals surface area contributed by atoms with E-state index >= 15 is 0 Å². The number of carbonyl (C=O) groups excluding carboxylic acids is 2. The molecule has 1 aliphatic rings. The maximum absolute atomic E-state index is 12.4. The van der Waals surface area contributed by atoms with Gasteiger partial charge in [0.05, 0.1) is 11.8 Å². The molecule has 10 heteroatoms. The summed E-state index contributed by atoms with van der Waals surface area (Å²) in [5.41, 5.74) is 0.818. The maximum Gasteiger partial charge on any atom is 0.407 e. The molecule has 28 heavy (non-hydrogen) atoms. The molecule has 150 valence electrons. The number of nitrogens with zero attached hydrogens (tertiary/aromatic N) is 3. The van der Waals surface area contributed by atoms with E-state index in [1.165, 1.54) is 16.7 Å². The third-order valence-corrected chi connectivity index (χ3v) is 5.64. The summed E-state index contributed by atoms with van der Waals surface area (Å²) >= 11 is 1.34. The third kappa shape index (κ3) is 6.74. The highest BCUT2D eigenvalue weighted by Gasteiger charge is 2.28. The number of piperidine rings is 1. The van der Waals surface area contributed by atoms with E-state index in [0.29, 0.717) is 31.7 Å². The zero-order valence-electron chi connectivity index (χ0n) is 15.3. The molecule has 1 aromatic heterocycles. The third-order valence-electron chi connectivity index (χ3n) is 4.39. The lowest BCUT2D eigenvalue weighted by Crippen LogP contribution is -2.46. The quantitative estimate of drug-likeness (QED) is 0.545. The average molecular weight is 405 g/mol. The van der Waals surface area contributed by atoms with Gasteiger partial charge in [-0.2, -0.15) is 5.26 Å². The molecule has 0 saturated carbocycles. The Morgan fingerprint density at radius 3 is 2.68 bits per heavy atom. The first-order valence-corrected chi connectivity index (χ1v) is 9.98. The fraction of sp³-hybridized carbons (Fsp3) is 0.500. The summed E-state index contributed by atoms with van der Waals surface area (Å²) in [6, 6.07) is 7.38. The molecule has 2 heterocycles. The maximum atomic E-state index is 12.4. The van der Waals surface area contributed by atoms with Crippen molar-refractivity contribution in [3.8, 4) is 6.07 Å². The number of nitriles is 1. The fourth-order valence-electron chi connectivity index (χ4n) is 2.81. The number of rotatable bonds is 8. The van der Waals surface area contributed by atoms with Crippen LogP contribution in [0.15, 0.2) is 24.4 Å². The number of aromatic nitrogens is 1. The van der Waals surface area contributed by atoms with Gasteiger partial charge >= 0.3 is 6.09 Å². The van der Waals surface area contributed by atoms with Crippen molar-refractivity contribution in [3.63, 3.8) is 0 Å². The average Bonchev–Trinajstić information content (AvgIpc) is 2.72. The van der Waals surface area contributed by atoms with Gasteiger partial charge in [0.25, 0.3) is 0 Å². The molecule has 1 fully saturated rings. The largest absolute Gasteiger partial charge is 0.465 e. The zero-order valence-corrected chi connectivity index (χ0v) is 16.2. The monoisotopic (exact) mass is 405 g/mol. The van der Waals surface area contributed by atoms with Crippen LogP contribution in [0.4, 0.5) is 4.79 Å². The van der Waals surface area contributed by atoms with E-state index in [0.717, 1.165) is 5.69 Å². The minimum absolute atomic E-state index is 0.0962. The van der Waals surface area contributed by atoms with Crippen LogP contribution in [0.1, 0.15) is 18.5 Å². The number of likely N-dealkylation sites (tertiary alicyclic amines) is 1. The number of hydrogen-bond donors (Lipinski definition) is 3. The van der Waals surface area contributed by atoms with Crippen LogP contribution in [-0.2, 0) is 15.3 Å². The highest BCUT2D eigenvalue weighted by atomic mass is 32.2. The molecule has 9 nitrogen and oxygen atoms in total. The smallest absolute Gasteiger partial charge is 0.407 e. The summed E-state index contributed by atoms with van der Waals surface area (Å²) in [4.78, 5) is 41.2. The van der Waals surface area contributed by atoms with E-state index in [2.05, 4.69) is 15.6 Å². The molecule has 0 radical (unpaired) electrons. The normalized spacial score (nSPS) is 15.3. The van der Waals surface area contributed by atoms with E-state index in [-0.39, 0.29) is 30.8 Å². The van der Waals surface area contributed by atoms with Crippen molar-refractivity contribution >= 4 is 29.7 Å². The second-order valence-corrected chi connectivity index (χ2v) is 7.48. The van der Waals surface area contributed by atoms with E-state index < -0.39 is 11.3 Å². The van der Waals surface area contributed by atoms with Gasteiger partial charge < -0.3 is 20.6 Å². The first kappa shape index (κ1) is 21.5. The molecule has 3 N–H and O–H groups in total. The molecule has 0 spiro atoms. The van der Waals surface area contributed by atoms with Gasteiger partial charge in [0.2, 0.25) is 11.8 Å². The van der Waals surface area contributed by atoms with Crippen molar-refractivity contribution in [1.82, 2.24) is 20.5 Å². The minimum atomic E-state index is -0.973. The molecular formula is C18H23N5O4S. The molecule has 1 aromatic rings. The van der Waals surface area contributed by atoms with Crippen LogP contribution in [0.2, 0.25) is 0 Å². The lowest BCUT2D eigenvalue weighted by atomic mass is 9.96. The summed E-state index contributed by atoms with van der Waals surface area (Å²) in [6.07, 6.45) is 1.63. The van der Waals surface area contributed by atoms with Gasteiger partial charge in [0.15, 0.2) is 0 Å². The predicted octanol–water partition coefficient (Wildman–Crippen LogP) is 0.829. The van der Waals surface area contributed by atoms with Crippen molar-refractivity contribution < 1.29 is 19.5 Å². The number of pyridine rings is 1. The highest BCUT2D eigenvalue weighted by molar-refractivity contribution is 7.99. The van der Waals surface area contributed by atoms with Crippen molar-refractivity contribution in [3.05, 3.63) is 30.1 Å². The van der Waals surface area contributed by atoms with Gasteiger partial charge in [-0.05, 0) is 25.0 Å². The Balaban J connectivity index is 1.86. The Kier molecular flexibility index (Phi) is 8.55. The number of hydrogen-bond acceptors (Lipinski definition) is 6. The predicted molar refractivity (Wildman–Crippen MR) is 103 cm³/mol. The van der Waals surface area contributed by atoms with Gasteiger partial charge in [-0.3, -0.25) is 14.6 Å². The molecule has 0 aromatic carbocycles. The first-order chi connectivity index (χ1) is 13.5. The van der Waals surface area contributed by atoms with Gasteiger partial charge in [-0.25, -0.2) is 4.79 Å². The summed E-state index contributed by atoms with van der Waals surface area (Å²) in [5.74, 6) is -0.262. The van der Waals surface area contributed by atoms with Crippen LogP contribution in [0.25, 0.3) is 0 Å². The van der Waals surface area contributed by atoms with Crippen molar-refractivity contribution in [1.29, 1.82) is 5.26 Å². The summed E-state index contributed by atoms with van der Waals surface area (Å²) in [7, 11) is 0. The number of thioether (sulfide) groups is 1. The Bertz CT molecular complexity index is 716. The van der Waals surface area contributed by atoms with Crippen LogP contribution in [0.3, 0.4) is 0 Å². The molecule has 1 saturated heterocycles. The van der Waals surface area contributed by atoms with Crippen molar-refractivity contribution in [2.75, 3.05) is 26.2 Å². The summed E-state index contributed by atoms with van der Waals surface area (Å²) < 4.78 is 0. The Morgan fingerprint density at radius 2 is 2.07 bits per heavy atom. The number of nitrogens with one attached hydrogen (secondary N) is 2. The van der Waals surface area contributed by atoms with E-state index in [4.69, 9.17) is 10.4 Å².